The number of likely N-dealkylation sites (N-methyl/N-ethyl adjacent to an activating group) is 1. The molecule has 0 aromatic heterocycles. The summed E-state index contributed by atoms with van der Waals surface area (Å²) in [4.78, 5) is 24.7. The summed E-state index contributed by atoms with van der Waals surface area (Å²) in [6.45, 7) is 2.09. The van der Waals surface area contributed by atoms with E-state index in [1.165, 1.54) is 18.1 Å². The van der Waals surface area contributed by atoms with E-state index in [2.05, 4.69) is 4.74 Å². The first kappa shape index (κ1) is 14.3. The topological polar surface area (TPSA) is 72.6 Å². The average Bonchev–Trinajstić information content (AvgIpc) is 2.38. The molecule has 0 saturated carbocycles. The van der Waals surface area contributed by atoms with Crippen molar-refractivity contribution >= 4 is 29.2 Å². The fraction of sp³-hybridized carbons (Fsp3) is 0.333. The number of anilines is 1. The molecular weight excluding hydrogens is 256 g/mol. The van der Waals surface area contributed by atoms with Crippen LogP contribution >= 0.6 is 11.6 Å². The molecule has 1 amide bonds. The zero-order chi connectivity index (χ0) is 13.7. The third kappa shape index (κ3) is 3.37. The maximum Gasteiger partial charge on any atom is 0.325 e. The van der Waals surface area contributed by atoms with Gasteiger partial charge in [-0.05, 0) is 25.1 Å². The van der Waals surface area contributed by atoms with Crippen molar-refractivity contribution in [2.75, 3.05) is 25.9 Å². The van der Waals surface area contributed by atoms with Gasteiger partial charge in [0.15, 0.2) is 0 Å². The van der Waals surface area contributed by atoms with Gasteiger partial charge in [-0.2, -0.15) is 0 Å². The number of rotatable bonds is 4. The van der Waals surface area contributed by atoms with Gasteiger partial charge in [0.25, 0.3) is 5.91 Å². The van der Waals surface area contributed by atoms with Crippen LogP contribution in [0.2, 0.25) is 5.02 Å². The number of amides is 1. The number of carbonyl (C=O) groups excluding carboxylic acids is 2. The van der Waals surface area contributed by atoms with Gasteiger partial charge in [0.2, 0.25) is 0 Å². The normalized spacial score (nSPS) is 9.94. The average molecular weight is 271 g/mol. The zero-order valence-corrected chi connectivity index (χ0v) is 11.0. The third-order valence-corrected chi connectivity index (χ3v) is 2.79. The van der Waals surface area contributed by atoms with Crippen LogP contribution in [-0.4, -0.2) is 37.0 Å². The molecule has 0 heterocycles. The van der Waals surface area contributed by atoms with Gasteiger partial charge in [-0.15, -0.1) is 0 Å². The molecule has 0 spiro atoms. The van der Waals surface area contributed by atoms with Crippen LogP contribution < -0.4 is 5.73 Å². The number of halogens is 1. The fourth-order valence-corrected chi connectivity index (χ4v) is 1.57. The molecule has 0 fully saturated rings. The first-order valence-electron chi connectivity index (χ1n) is 5.40. The molecule has 0 aliphatic heterocycles. The summed E-state index contributed by atoms with van der Waals surface area (Å²) in [5.41, 5.74) is 6.36. The second-order valence-corrected chi connectivity index (χ2v) is 4.04. The number of nitrogens with zero attached hydrogens (tertiary/aromatic N) is 1. The largest absolute Gasteiger partial charge is 0.468 e. The number of methoxy groups -OCH3 is 1. The molecule has 0 atom stereocenters. The Morgan fingerprint density at radius 3 is 2.61 bits per heavy atom. The Balaban J connectivity index is 2.89. The lowest BCUT2D eigenvalue weighted by molar-refractivity contribution is -0.141. The molecule has 18 heavy (non-hydrogen) atoms. The predicted molar refractivity (Wildman–Crippen MR) is 69.5 cm³/mol. The highest BCUT2D eigenvalue weighted by Gasteiger charge is 2.18. The Bertz CT molecular complexity index is 463. The lowest BCUT2D eigenvalue weighted by atomic mass is 10.2. The number of hydrogen-bond acceptors (Lipinski definition) is 4. The second kappa shape index (κ2) is 6.26. The SMILES string of the molecule is CCN(CC(=O)OC)C(=O)c1ccc(N)c(Cl)c1. The maximum atomic E-state index is 12.1. The van der Waals surface area contributed by atoms with Crippen LogP contribution in [0.4, 0.5) is 5.69 Å². The second-order valence-electron chi connectivity index (χ2n) is 3.63. The highest BCUT2D eigenvalue weighted by atomic mass is 35.5. The van der Waals surface area contributed by atoms with Crippen LogP contribution in [0, 0.1) is 0 Å². The number of carbonyl (C=O) groups is 2. The number of nitrogens with two attached hydrogens (primary N) is 1. The van der Waals surface area contributed by atoms with Gasteiger partial charge in [-0.3, -0.25) is 9.59 Å². The molecule has 98 valence electrons. The van der Waals surface area contributed by atoms with Crippen molar-refractivity contribution in [2.45, 2.75) is 6.92 Å². The Morgan fingerprint density at radius 1 is 1.44 bits per heavy atom. The van der Waals surface area contributed by atoms with Gasteiger partial charge in [-0.1, -0.05) is 11.6 Å². The Morgan fingerprint density at radius 2 is 2.11 bits per heavy atom. The molecule has 0 saturated heterocycles. The summed E-state index contributed by atoms with van der Waals surface area (Å²) in [6.07, 6.45) is 0. The molecule has 0 aliphatic carbocycles. The van der Waals surface area contributed by atoms with Crippen LogP contribution in [-0.2, 0) is 9.53 Å². The molecule has 0 radical (unpaired) electrons. The zero-order valence-electron chi connectivity index (χ0n) is 10.3. The Hall–Kier alpha value is -1.75. The van der Waals surface area contributed by atoms with E-state index in [0.29, 0.717) is 22.8 Å². The van der Waals surface area contributed by atoms with E-state index in [-0.39, 0.29) is 12.5 Å². The quantitative estimate of drug-likeness (QED) is 0.666. The van der Waals surface area contributed by atoms with Crippen molar-refractivity contribution in [1.82, 2.24) is 4.90 Å². The predicted octanol–water partition coefficient (Wildman–Crippen LogP) is 1.56. The van der Waals surface area contributed by atoms with E-state index >= 15 is 0 Å². The highest BCUT2D eigenvalue weighted by Crippen LogP contribution is 2.20. The van der Waals surface area contributed by atoms with Crippen molar-refractivity contribution in [1.29, 1.82) is 0 Å². The minimum absolute atomic E-state index is 0.0895. The molecule has 0 bridgehead atoms. The lowest BCUT2D eigenvalue weighted by Gasteiger charge is -2.19. The van der Waals surface area contributed by atoms with E-state index in [4.69, 9.17) is 17.3 Å². The molecular formula is C12H15ClN2O3. The van der Waals surface area contributed by atoms with E-state index < -0.39 is 5.97 Å². The minimum atomic E-state index is -0.466. The summed E-state index contributed by atoms with van der Waals surface area (Å²) in [6, 6.07) is 4.62. The number of benzene rings is 1. The molecule has 5 nitrogen and oxygen atoms in total. The lowest BCUT2D eigenvalue weighted by Crippen LogP contribution is -2.36. The van der Waals surface area contributed by atoms with Gasteiger partial charge in [0.05, 0.1) is 17.8 Å². The summed E-state index contributed by atoms with van der Waals surface area (Å²) < 4.78 is 4.53. The van der Waals surface area contributed by atoms with Gasteiger partial charge >= 0.3 is 5.97 Å². The van der Waals surface area contributed by atoms with E-state index in [1.807, 2.05) is 0 Å². The van der Waals surface area contributed by atoms with Crippen LogP contribution in [0.5, 0.6) is 0 Å². The van der Waals surface area contributed by atoms with Crippen molar-refractivity contribution in [3.63, 3.8) is 0 Å². The van der Waals surface area contributed by atoms with Crippen molar-refractivity contribution < 1.29 is 14.3 Å². The molecule has 2 N–H and O–H groups in total. The number of nitrogen functional groups attached to an aromatic ring is 1. The molecule has 0 aliphatic rings. The minimum Gasteiger partial charge on any atom is -0.468 e. The van der Waals surface area contributed by atoms with Gasteiger partial charge in [0.1, 0.15) is 6.54 Å². The number of esters is 1. The fourth-order valence-electron chi connectivity index (χ4n) is 1.39. The summed E-state index contributed by atoms with van der Waals surface area (Å²) in [7, 11) is 1.28. The Labute approximate surface area is 110 Å². The van der Waals surface area contributed by atoms with Crippen LogP contribution in [0.15, 0.2) is 18.2 Å². The van der Waals surface area contributed by atoms with E-state index in [1.54, 1.807) is 19.1 Å². The first-order chi connectivity index (χ1) is 8.49. The summed E-state index contributed by atoms with van der Waals surface area (Å²) >= 11 is 5.85. The molecule has 1 rings (SSSR count). The molecule has 1 aromatic rings. The molecule has 1 aromatic carbocycles. The van der Waals surface area contributed by atoms with Crippen LogP contribution in [0.25, 0.3) is 0 Å². The van der Waals surface area contributed by atoms with Gasteiger partial charge in [-0.25, -0.2) is 0 Å². The van der Waals surface area contributed by atoms with Crippen molar-refractivity contribution in [3.8, 4) is 0 Å². The number of ether oxygens (including phenoxy) is 1. The molecule has 0 unspecified atom stereocenters. The number of hydrogen-bond donors (Lipinski definition) is 1. The summed E-state index contributed by atoms with van der Waals surface area (Å²) in [5, 5.41) is 0.315. The third-order valence-electron chi connectivity index (χ3n) is 2.46. The molecule has 6 heteroatoms. The monoisotopic (exact) mass is 270 g/mol. The smallest absolute Gasteiger partial charge is 0.325 e. The highest BCUT2D eigenvalue weighted by molar-refractivity contribution is 6.33. The standard InChI is InChI=1S/C12H15ClN2O3/c1-3-15(7-11(16)18-2)12(17)8-4-5-10(14)9(13)6-8/h4-6H,3,7,14H2,1-2H3. The van der Waals surface area contributed by atoms with Crippen molar-refractivity contribution in [3.05, 3.63) is 28.8 Å². The van der Waals surface area contributed by atoms with Gasteiger partial charge in [0, 0.05) is 12.1 Å². The van der Waals surface area contributed by atoms with E-state index in [0.717, 1.165) is 0 Å². The van der Waals surface area contributed by atoms with Gasteiger partial charge < -0.3 is 15.4 Å². The van der Waals surface area contributed by atoms with E-state index in [9.17, 15) is 9.59 Å². The first-order valence-corrected chi connectivity index (χ1v) is 5.78. The van der Waals surface area contributed by atoms with Crippen LogP contribution in [0.1, 0.15) is 17.3 Å². The summed E-state index contributed by atoms with van der Waals surface area (Å²) in [5.74, 6) is -0.753. The van der Waals surface area contributed by atoms with Crippen LogP contribution in [0.3, 0.4) is 0 Å². The Kier molecular flexibility index (Phi) is 4.97. The van der Waals surface area contributed by atoms with Crippen molar-refractivity contribution in [2.24, 2.45) is 0 Å². The maximum absolute atomic E-state index is 12.1.